The van der Waals surface area contributed by atoms with Crippen LogP contribution in [0.1, 0.15) is 26.3 Å². The molecule has 0 N–H and O–H groups in total. The Morgan fingerprint density at radius 2 is 1.83 bits per heavy atom. The average Bonchev–Trinajstić information content (AvgIpc) is 3.11. The van der Waals surface area contributed by atoms with Gasteiger partial charge < -0.3 is 4.57 Å². The quantitative estimate of drug-likeness (QED) is 0.398. The highest BCUT2D eigenvalue weighted by atomic mass is 79.9. The van der Waals surface area contributed by atoms with Crippen LogP contribution in [0.3, 0.4) is 0 Å². The Morgan fingerprint density at radius 3 is 2.43 bits per heavy atom. The summed E-state index contributed by atoms with van der Waals surface area (Å²) in [6, 6.07) is 15.1. The SMILES string of the molecule is Br.CCC(C)n1c(-c2ccc(Cl)c(S(=O)(=O)N(C)C)c2)csc1=Nc1ccccc1. The first-order valence-electron chi connectivity index (χ1n) is 9.28. The summed E-state index contributed by atoms with van der Waals surface area (Å²) in [5.41, 5.74) is 2.59. The minimum atomic E-state index is -3.65. The zero-order valence-corrected chi connectivity index (χ0v) is 21.3. The summed E-state index contributed by atoms with van der Waals surface area (Å²) in [6.45, 7) is 4.25. The Bertz CT molecular complexity index is 1170. The van der Waals surface area contributed by atoms with Crippen molar-refractivity contribution >= 4 is 55.6 Å². The maximum Gasteiger partial charge on any atom is 0.244 e. The molecule has 0 aliphatic heterocycles. The highest BCUT2D eigenvalue weighted by molar-refractivity contribution is 8.93. The predicted molar refractivity (Wildman–Crippen MR) is 131 cm³/mol. The molecule has 0 aliphatic carbocycles. The third kappa shape index (κ3) is 5.06. The molecule has 0 radical (unpaired) electrons. The van der Waals surface area contributed by atoms with E-state index >= 15 is 0 Å². The van der Waals surface area contributed by atoms with Gasteiger partial charge in [0, 0.05) is 31.1 Å². The van der Waals surface area contributed by atoms with Gasteiger partial charge in [0.15, 0.2) is 4.80 Å². The topological polar surface area (TPSA) is 54.7 Å². The van der Waals surface area contributed by atoms with Crippen molar-refractivity contribution in [3.63, 3.8) is 0 Å². The van der Waals surface area contributed by atoms with Gasteiger partial charge in [0.05, 0.1) is 16.4 Å². The van der Waals surface area contributed by atoms with Crippen LogP contribution in [-0.2, 0) is 10.0 Å². The summed E-state index contributed by atoms with van der Waals surface area (Å²) in [6.07, 6.45) is 0.919. The number of rotatable bonds is 6. The second kappa shape index (κ2) is 10.2. The molecule has 2 aromatic carbocycles. The predicted octanol–water partition coefficient (Wildman–Crippen LogP) is 5.90. The Kier molecular flexibility index (Phi) is 8.47. The van der Waals surface area contributed by atoms with Crippen LogP contribution in [0.15, 0.2) is 63.8 Å². The molecule has 0 bridgehead atoms. The van der Waals surface area contributed by atoms with Crippen molar-refractivity contribution in [2.45, 2.75) is 31.2 Å². The van der Waals surface area contributed by atoms with Gasteiger partial charge in [-0.1, -0.05) is 42.8 Å². The Morgan fingerprint density at radius 1 is 1.17 bits per heavy atom. The highest BCUT2D eigenvalue weighted by Crippen LogP contribution is 2.31. The molecular formula is C21H25BrClN3O2S2. The van der Waals surface area contributed by atoms with Crippen molar-refractivity contribution in [1.29, 1.82) is 0 Å². The van der Waals surface area contributed by atoms with E-state index in [1.165, 1.54) is 29.7 Å². The summed E-state index contributed by atoms with van der Waals surface area (Å²) >= 11 is 7.76. The number of sulfonamides is 1. The zero-order valence-electron chi connectivity index (χ0n) is 17.2. The maximum atomic E-state index is 12.7. The summed E-state index contributed by atoms with van der Waals surface area (Å²) in [4.78, 5) is 5.77. The number of hydrogen-bond donors (Lipinski definition) is 0. The first kappa shape index (κ1) is 24.8. The lowest BCUT2D eigenvalue weighted by Crippen LogP contribution is -2.23. The first-order valence-corrected chi connectivity index (χ1v) is 12.0. The fraction of sp³-hybridized carbons (Fsp3) is 0.286. The number of hydrogen-bond acceptors (Lipinski definition) is 4. The van der Waals surface area contributed by atoms with Gasteiger partial charge in [-0.25, -0.2) is 17.7 Å². The Labute approximate surface area is 197 Å². The number of para-hydroxylation sites is 1. The molecule has 30 heavy (non-hydrogen) atoms. The van der Waals surface area contributed by atoms with Gasteiger partial charge in [-0.3, -0.25) is 0 Å². The largest absolute Gasteiger partial charge is 0.314 e. The molecule has 0 fully saturated rings. The molecule has 5 nitrogen and oxygen atoms in total. The molecule has 0 amide bonds. The van der Waals surface area contributed by atoms with Gasteiger partial charge in [-0.15, -0.1) is 28.3 Å². The standard InChI is InChI=1S/C21H24ClN3O2S2.BrH/c1-5-15(2)25-19(14-28-21(25)23-17-9-7-6-8-10-17)16-11-12-18(22)20(13-16)29(26,27)24(3)4;/h6-15H,5H2,1-4H3;1H. The minimum Gasteiger partial charge on any atom is -0.314 e. The number of thiazole rings is 1. The smallest absolute Gasteiger partial charge is 0.244 e. The Balaban J connectivity index is 0.00000320. The van der Waals surface area contributed by atoms with Gasteiger partial charge in [-0.05, 0) is 37.6 Å². The fourth-order valence-electron chi connectivity index (χ4n) is 2.89. The zero-order chi connectivity index (χ0) is 21.2. The van der Waals surface area contributed by atoms with E-state index in [1.54, 1.807) is 12.1 Å². The molecule has 0 aliphatic rings. The lowest BCUT2D eigenvalue weighted by molar-refractivity contribution is 0.520. The fourth-order valence-corrected chi connectivity index (χ4v) is 5.30. The van der Waals surface area contributed by atoms with E-state index in [-0.39, 0.29) is 32.9 Å². The number of halogens is 2. The maximum absolute atomic E-state index is 12.7. The summed E-state index contributed by atoms with van der Waals surface area (Å²) in [5.74, 6) is 0. The van der Waals surface area contributed by atoms with Crippen LogP contribution in [0.4, 0.5) is 5.69 Å². The second-order valence-electron chi connectivity index (χ2n) is 6.91. The first-order chi connectivity index (χ1) is 13.8. The van der Waals surface area contributed by atoms with E-state index < -0.39 is 10.0 Å². The second-order valence-corrected chi connectivity index (χ2v) is 10.3. The van der Waals surface area contributed by atoms with E-state index in [9.17, 15) is 8.42 Å². The van der Waals surface area contributed by atoms with E-state index in [1.807, 2.05) is 41.8 Å². The van der Waals surface area contributed by atoms with Crippen molar-refractivity contribution in [3.05, 3.63) is 63.7 Å². The highest BCUT2D eigenvalue weighted by Gasteiger charge is 2.22. The third-order valence-corrected chi connectivity index (χ3v) is 7.88. The monoisotopic (exact) mass is 529 g/mol. The van der Waals surface area contributed by atoms with E-state index in [2.05, 4.69) is 18.4 Å². The number of nitrogens with zero attached hydrogens (tertiary/aromatic N) is 3. The van der Waals surface area contributed by atoms with Gasteiger partial charge in [0.2, 0.25) is 10.0 Å². The molecule has 0 saturated carbocycles. The minimum absolute atomic E-state index is 0. The summed E-state index contributed by atoms with van der Waals surface area (Å²) in [7, 11) is -0.648. The molecule has 3 rings (SSSR count). The van der Waals surface area contributed by atoms with Gasteiger partial charge in [-0.2, -0.15) is 0 Å². The van der Waals surface area contributed by atoms with Crippen LogP contribution in [0.5, 0.6) is 0 Å². The molecule has 0 spiro atoms. The normalized spacial score (nSPS) is 13.3. The molecular weight excluding hydrogens is 506 g/mol. The lowest BCUT2D eigenvalue weighted by Gasteiger charge is -2.17. The lowest BCUT2D eigenvalue weighted by atomic mass is 10.1. The van der Waals surface area contributed by atoms with E-state index in [0.717, 1.165) is 28.2 Å². The molecule has 3 aromatic rings. The summed E-state index contributed by atoms with van der Waals surface area (Å²) in [5, 5.41) is 2.23. The number of aromatic nitrogens is 1. The molecule has 162 valence electrons. The van der Waals surface area contributed by atoms with Crippen LogP contribution in [0, 0.1) is 0 Å². The molecule has 1 unspecified atom stereocenters. The van der Waals surface area contributed by atoms with E-state index in [4.69, 9.17) is 16.6 Å². The van der Waals surface area contributed by atoms with Crippen molar-refractivity contribution in [3.8, 4) is 11.3 Å². The average molecular weight is 531 g/mol. The van der Waals surface area contributed by atoms with Crippen LogP contribution < -0.4 is 4.80 Å². The van der Waals surface area contributed by atoms with E-state index in [0.29, 0.717) is 0 Å². The van der Waals surface area contributed by atoms with Crippen LogP contribution in [-0.4, -0.2) is 31.4 Å². The van der Waals surface area contributed by atoms with Crippen LogP contribution in [0.2, 0.25) is 5.02 Å². The molecule has 1 atom stereocenters. The Hall–Kier alpha value is -1.45. The van der Waals surface area contributed by atoms with Crippen molar-refractivity contribution in [2.24, 2.45) is 4.99 Å². The van der Waals surface area contributed by atoms with Gasteiger partial charge in [0.1, 0.15) is 4.90 Å². The van der Waals surface area contributed by atoms with Gasteiger partial charge in [0.25, 0.3) is 0 Å². The van der Waals surface area contributed by atoms with Crippen LogP contribution in [0.25, 0.3) is 11.3 Å². The molecule has 1 heterocycles. The van der Waals surface area contributed by atoms with Crippen molar-refractivity contribution in [1.82, 2.24) is 8.87 Å². The summed E-state index contributed by atoms with van der Waals surface area (Å²) < 4.78 is 28.7. The third-order valence-electron chi connectivity index (χ3n) is 4.74. The number of benzene rings is 2. The molecule has 9 heteroatoms. The van der Waals surface area contributed by atoms with Crippen molar-refractivity contribution < 1.29 is 8.42 Å². The van der Waals surface area contributed by atoms with Crippen molar-refractivity contribution in [2.75, 3.05) is 14.1 Å². The van der Waals surface area contributed by atoms with Gasteiger partial charge >= 0.3 is 0 Å². The van der Waals surface area contributed by atoms with Crippen LogP contribution >= 0.6 is 39.9 Å². The molecule has 0 saturated heterocycles. The molecule has 1 aromatic heterocycles.